The van der Waals surface area contributed by atoms with E-state index < -0.39 is 6.04 Å². The van der Waals surface area contributed by atoms with Crippen molar-refractivity contribution in [1.82, 2.24) is 20.9 Å². The lowest BCUT2D eigenvalue weighted by Crippen LogP contribution is -2.52. The van der Waals surface area contributed by atoms with E-state index in [4.69, 9.17) is 0 Å². The molecule has 1 spiro atoms. The van der Waals surface area contributed by atoms with Crippen molar-refractivity contribution < 1.29 is 14.4 Å². The molecular weight excluding hydrogens is 368 g/mol. The van der Waals surface area contributed by atoms with Gasteiger partial charge in [-0.15, -0.1) is 0 Å². The Balaban J connectivity index is 1.32. The molecule has 1 aliphatic carbocycles. The molecule has 0 radical (unpaired) electrons. The van der Waals surface area contributed by atoms with Crippen LogP contribution in [0.25, 0.3) is 0 Å². The lowest BCUT2D eigenvalue weighted by molar-refractivity contribution is -0.136. The number of benzene rings is 1. The second-order valence-electron chi connectivity index (χ2n) is 8.96. The summed E-state index contributed by atoms with van der Waals surface area (Å²) in [6.45, 7) is 3.38. The number of imide groups is 1. The van der Waals surface area contributed by atoms with E-state index in [1.807, 2.05) is 12.1 Å². The van der Waals surface area contributed by atoms with Crippen molar-refractivity contribution in [3.63, 3.8) is 0 Å². The van der Waals surface area contributed by atoms with Crippen molar-refractivity contribution in [3.05, 3.63) is 34.9 Å². The van der Waals surface area contributed by atoms with Crippen LogP contribution in [-0.2, 0) is 22.7 Å². The first-order chi connectivity index (χ1) is 14.1. The molecule has 3 amide bonds. The van der Waals surface area contributed by atoms with Gasteiger partial charge in [0.15, 0.2) is 0 Å². The molecule has 154 valence electrons. The first kappa shape index (κ1) is 18.8. The predicted molar refractivity (Wildman–Crippen MR) is 107 cm³/mol. The number of nitrogens with zero attached hydrogens (tertiary/aromatic N) is 1. The van der Waals surface area contributed by atoms with Gasteiger partial charge < -0.3 is 15.5 Å². The van der Waals surface area contributed by atoms with Gasteiger partial charge in [-0.25, -0.2) is 0 Å². The Labute approximate surface area is 170 Å². The summed E-state index contributed by atoms with van der Waals surface area (Å²) in [6, 6.07) is 5.82. The average molecular weight is 396 g/mol. The molecule has 3 N–H and O–H groups in total. The summed E-state index contributed by atoms with van der Waals surface area (Å²) >= 11 is 0. The number of carbonyl (C=O) groups excluding carboxylic acids is 3. The van der Waals surface area contributed by atoms with Crippen LogP contribution in [0.5, 0.6) is 0 Å². The van der Waals surface area contributed by atoms with Gasteiger partial charge in [0, 0.05) is 37.7 Å². The zero-order valence-corrected chi connectivity index (χ0v) is 16.6. The van der Waals surface area contributed by atoms with Crippen LogP contribution in [0.1, 0.15) is 60.0 Å². The third-order valence-corrected chi connectivity index (χ3v) is 7.40. The minimum atomic E-state index is -0.559. The summed E-state index contributed by atoms with van der Waals surface area (Å²) in [7, 11) is 0. The number of fused-ring (bicyclic) bond motifs is 1. The predicted octanol–water partition coefficient (Wildman–Crippen LogP) is 1.07. The second kappa shape index (κ2) is 7.22. The lowest BCUT2D eigenvalue weighted by atomic mass is 9.81. The summed E-state index contributed by atoms with van der Waals surface area (Å²) in [5, 5.41) is 9.69. The smallest absolute Gasteiger partial charge is 0.255 e. The molecule has 4 aliphatic rings. The van der Waals surface area contributed by atoms with Crippen LogP contribution in [0, 0.1) is 5.41 Å². The highest BCUT2D eigenvalue weighted by Crippen LogP contribution is 2.43. The van der Waals surface area contributed by atoms with Gasteiger partial charge in [-0.05, 0) is 54.8 Å². The molecule has 5 rings (SSSR count). The Morgan fingerprint density at radius 1 is 1.17 bits per heavy atom. The van der Waals surface area contributed by atoms with E-state index in [2.05, 4.69) is 22.0 Å². The van der Waals surface area contributed by atoms with Crippen LogP contribution in [0.2, 0.25) is 0 Å². The maximum absolute atomic E-state index is 13.0. The molecule has 2 saturated heterocycles. The Morgan fingerprint density at radius 2 is 2.07 bits per heavy atom. The van der Waals surface area contributed by atoms with Crippen LogP contribution < -0.4 is 16.0 Å². The SMILES string of the molecule is O=C1CCC(N2Cc3c(CNC4CCCC45CCNC5)cccc3C2=O)C(=O)N1. The first-order valence-electron chi connectivity index (χ1n) is 10.8. The third kappa shape index (κ3) is 3.16. The van der Waals surface area contributed by atoms with E-state index in [0.717, 1.165) is 30.8 Å². The average Bonchev–Trinajstić information content (AvgIpc) is 3.42. The number of hydrogen-bond donors (Lipinski definition) is 3. The van der Waals surface area contributed by atoms with Crippen molar-refractivity contribution >= 4 is 17.7 Å². The van der Waals surface area contributed by atoms with Gasteiger partial charge in [0.1, 0.15) is 6.04 Å². The van der Waals surface area contributed by atoms with Gasteiger partial charge in [0.25, 0.3) is 5.91 Å². The van der Waals surface area contributed by atoms with E-state index in [1.54, 1.807) is 4.90 Å². The van der Waals surface area contributed by atoms with Gasteiger partial charge in [0.2, 0.25) is 11.8 Å². The van der Waals surface area contributed by atoms with E-state index in [0.29, 0.717) is 30.0 Å². The van der Waals surface area contributed by atoms with Crippen LogP contribution in [0.4, 0.5) is 0 Å². The van der Waals surface area contributed by atoms with E-state index in [1.165, 1.54) is 25.7 Å². The lowest BCUT2D eigenvalue weighted by Gasteiger charge is -2.31. The maximum Gasteiger partial charge on any atom is 0.255 e. The molecule has 1 aromatic rings. The molecule has 0 bridgehead atoms. The Kier molecular flexibility index (Phi) is 4.67. The molecular formula is C22H28N4O3. The van der Waals surface area contributed by atoms with Crippen molar-refractivity contribution in [2.75, 3.05) is 13.1 Å². The quantitative estimate of drug-likeness (QED) is 0.663. The number of nitrogens with one attached hydrogen (secondary N) is 3. The van der Waals surface area contributed by atoms with Crippen molar-refractivity contribution in [3.8, 4) is 0 Å². The molecule has 3 atom stereocenters. The Hall–Kier alpha value is -2.25. The summed E-state index contributed by atoms with van der Waals surface area (Å²) in [4.78, 5) is 38.3. The van der Waals surface area contributed by atoms with Gasteiger partial charge in [-0.3, -0.25) is 19.7 Å². The molecule has 29 heavy (non-hydrogen) atoms. The monoisotopic (exact) mass is 396 g/mol. The number of piperidine rings is 1. The summed E-state index contributed by atoms with van der Waals surface area (Å²) in [5.74, 6) is -0.718. The summed E-state index contributed by atoms with van der Waals surface area (Å²) < 4.78 is 0. The van der Waals surface area contributed by atoms with Gasteiger partial charge in [0.05, 0.1) is 0 Å². The molecule has 0 aromatic heterocycles. The largest absolute Gasteiger partial charge is 0.322 e. The highest BCUT2D eigenvalue weighted by molar-refractivity contribution is 6.05. The zero-order chi connectivity index (χ0) is 20.0. The minimum absolute atomic E-state index is 0.103. The number of rotatable bonds is 4. The van der Waals surface area contributed by atoms with Crippen molar-refractivity contribution in [1.29, 1.82) is 0 Å². The maximum atomic E-state index is 13.0. The summed E-state index contributed by atoms with van der Waals surface area (Å²) in [6.07, 6.45) is 5.68. The number of amides is 3. The highest BCUT2D eigenvalue weighted by Gasteiger charge is 2.44. The Morgan fingerprint density at radius 3 is 2.86 bits per heavy atom. The Bertz CT molecular complexity index is 856. The number of hydrogen-bond acceptors (Lipinski definition) is 5. The molecule has 7 nitrogen and oxygen atoms in total. The molecule has 3 aliphatic heterocycles. The van der Waals surface area contributed by atoms with Gasteiger partial charge in [-0.1, -0.05) is 18.6 Å². The standard InChI is InChI=1S/C22H28N4O3/c27-19-7-6-17(20(28)25-19)26-12-16-14(3-1-4-15(16)21(26)29)11-24-18-5-2-8-22(18)9-10-23-13-22/h1,3-4,17-18,23-24H,2,5-13H2,(H,25,27,28). The fourth-order valence-electron chi connectivity index (χ4n) is 5.78. The molecule has 7 heteroatoms. The summed E-state index contributed by atoms with van der Waals surface area (Å²) in [5.41, 5.74) is 3.23. The normalized spacial score (nSPS) is 31.6. The second-order valence-corrected chi connectivity index (χ2v) is 8.96. The first-order valence-corrected chi connectivity index (χ1v) is 10.8. The van der Waals surface area contributed by atoms with Gasteiger partial charge >= 0.3 is 0 Å². The fourth-order valence-corrected chi connectivity index (χ4v) is 5.78. The van der Waals surface area contributed by atoms with E-state index in [-0.39, 0.29) is 24.1 Å². The van der Waals surface area contributed by atoms with E-state index in [9.17, 15) is 14.4 Å². The molecule has 3 heterocycles. The minimum Gasteiger partial charge on any atom is -0.322 e. The molecule has 1 aromatic carbocycles. The van der Waals surface area contributed by atoms with E-state index >= 15 is 0 Å². The van der Waals surface area contributed by atoms with Crippen molar-refractivity contribution in [2.24, 2.45) is 5.41 Å². The van der Waals surface area contributed by atoms with Crippen LogP contribution in [0.15, 0.2) is 18.2 Å². The zero-order valence-electron chi connectivity index (χ0n) is 16.6. The highest BCUT2D eigenvalue weighted by atomic mass is 16.2. The fraction of sp³-hybridized carbons (Fsp3) is 0.591. The van der Waals surface area contributed by atoms with Gasteiger partial charge in [-0.2, -0.15) is 0 Å². The number of carbonyl (C=O) groups is 3. The molecule has 1 saturated carbocycles. The molecule has 3 unspecified atom stereocenters. The molecule has 3 fully saturated rings. The van der Waals surface area contributed by atoms with Crippen LogP contribution >= 0.6 is 0 Å². The van der Waals surface area contributed by atoms with Crippen LogP contribution in [-0.4, -0.2) is 47.8 Å². The third-order valence-electron chi connectivity index (χ3n) is 7.40. The topological polar surface area (TPSA) is 90.5 Å². The van der Waals surface area contributed by atoms with Crippen LogP contribution in [0.3, 0.4) is 0 Å². The van der Waals surface area contributed by atoms with Crippen molar-refractivity contribution in [2.45, 2.75) is 63.7 Å².